The van der Waals surface area contributed by atoms with E-state index in [1.165, 1.54) is 0 Å². The third-order valence-corrected chi connectivity index (χ3v) is 4.25. The van der Waals surface area contributed by atoms with Crippen LogP contribution in [0.2, 0.25) is 0 Å². The number of benzene rings is 2. The first-order valence-corrected chi connectivity index (χ1v) is 9.36. The van der Waals surface area contributed by atoms with Crippen LogP contribution in [0.4, 0.5) is 0 Å². The molecule has 0 bridgehead atoms. The van der Waals surface area contributed by atoms with Gasteiger partial charge in [0, 0.05) is 6.54 Å². The molecular formula is C21H26N2O3S. The molecule has 0 unspecified atom stereocenters. The standard InChI is InChI=1S/C21H26N2O3S/c1-4-11-26-18-10-9-16(12-19(18)25-3)14-22-21(27)23-20(24)13-17-8-6-5-7-15(17)2/h5-10,12H,4,11,13-14H2,1-3H3,(H2,22,23,24,27). The number of rotatable bonds is 8. The third kappa shape index (κ3) is 6.57. The molecule has 0 aliphatic rings. The molecule has 6 heteroatoms. The highest BCUT2D eigenvalue weighted by Gasteiger charge is 2.09. The van der Waals surface area contributed by atoms with Crippen LogP contribution in [0.3, 0.4) is 0 Å². The zero-order valence-electron chi connectivity index (χ0n) is 16.0. The number of hydrogen-bond acceptors (Lipinski definition) is 4. The quantitative estimate of drug-likeness (QED) is 0.680. The SMILES string of the molecule is CCCOc1ccc(CNC(=S)NC(=O)Cc2ccccc2C)cc1OC. The number of nitrogens with one attached hydrogen (secondary N) is 2. The number of carbonyl (C=O) groups is 1. The van der Waals surface area contributed by atoms with E-state index >= 15 is 0 Å². The summed E-state index contributed by atoms with van der Waals surface area (Å²) in [5.41, 5.74) is 3.06. The van der Waals surface area contributed by atoms with Crippen LogP contribution in [0.1, 0.15) is 30.0 Å². The largest absolute Gasteiger partial charge is 0.493 e. The Morgan fingerprint density at radius 3 is 2.63 bits per heavy atom. The molecule has 0 radical (unpaired) electrons. The lowest BCUT2D eigenvalue weighted by Gasteiger charge is -2.13. The molecule has 2 rings (SSSR count). The highest BCUT2D eigenvalue weighted by atomic mass is 32.1. The van der Waals surface area contributed by atoms with Crippen molar-refractivity contribution in [2.75, 3.05) is 13.7 Å². The van der Waals surface area contributed by atoms with Crippen LogP contribution >= 0.6 is 12.2 Å². The van der Waals surface area contributed by atoms with Crippen LogP contribution in [-0.4, -0.2) is 24.7 Å². The second kappa shape index (κ2) is 10.5. The van der Waals surface area contributed by atoms with Gasteiger partial charge in [0.15, 0.2) is 16.6 Å². The van der Waals surface area contributed by atoms with Crippen LogP contribution < -0.4 is 20.1 Å². The van der Waals surface area contributed by atoms with Crippen LogP contribution in [0.25, 0.3) is 0 Å². The molecule has 0 saturated carbocycles. The summed E-state index contributed by atoms with van der Waals surface area (Å²) >= 11 is 5.22. The monoisotopic (exact) mass is 386 g/mol. The lowest BCUT2D eigenvalue weighted by Crippen LogP contribution is -2.39. The van der Waals surface area contributed by atoms with E-state index in [0.29, 0.717) is 30.4 Å². The van der Waals surface area contributed by atoms with E-state index in [9.17, 15) is 4.79 Å². The average Bonchev–Trinajstić information content (AvgIpc) is 2.66. The Hall–Kier alpha value is -2.60. The summed E-state index contributed by atoms with van der Waals surface area (Å²) in [5.74, 6) is 1.26. The number of aryl methyl sites for hydroxylation is 1. The summed E-state index contributed by atoms with van der Waals surface area (Å²) in [6.45, 7) is 5.17. The molecule has 5 nitrogen and oxygen atoms in total. The van der Waals surface area contributed by atoms with Crippen LogP contribution in [-0.2, 0) is 17.8 Å². The van der Waals surface area contributed by atoms with Gasteiger partial charge in [0.2, 0.25) is 5.91 Å². The van der Waals surface area contributed by atoms with Gasteiger partial charge in [-0.2, -0.15) is 0 Å². The number of amides is 1. The Morgan fingerprint density at radius 2 is 1.93 bits per heavy atom. The molecule has 1 amide bonds. The lowest BCUT2D eigenvalue weighted by molar-refractivity contribution is -0.119. The smallest absolute Gasteiger partial charge is 0.230 e. The summed E-state index contributed by atoms with van der Waals surface area (Å²) in [7, 11) is 1.61. The van der Waals surface area contributed by atoms with Gasteiger partial charge in [-0.15, -0.1) is 0 Å². The van der Waals surface area contributed by atoms with Crippen LogP contribution in [0.15, 0.2) is 42.5 Å². The predicted molar refractivity (Wildman–Crippen MR) is 111 cm³/mol. The van der Waals surface area contributed by atoms with E-state index in [0.717, 1.165) is 28.9 Å². The Bertz CT molecular complexity index is 793. The van der Waals surface area contributed by atoms with Gasteiger partial charge in [-0.25, -0.2) is 0 Å². The van der Waals surface area contributed by atoms with Gasteiger partial charge in [0.05, 0.1) is 20.1 Å². The van der Waals surface area contributed by atoms with E-state index < -0.39 is 0 Å². The van der Waals surface area contributed by atoms with Crippen LogP contribution in [0.5, 0.6) is 11.5 Å². The predicted octanol–water partition coefficient (Wildman–Crippen LogP) is 3.53. The van der Waals surface area contributed by atoms with Crippen molar-refractivity contribution in [3.05, 3.63) is 59.2 Å². The van der Waals surface area contributed by atoms with Gasteiger partial charge in [-0.05, 0) is 54.4 Å². The van der Waals surface area contributed by atoms with Gasteiger partial charge in [-0.3, -0.25) is 4.79 Å². The Labute approximate surface area is 166 Å². The molecule has 0 spiro atoms. The van der Waals surface area contributed by atoms with Crippen molar-refractivity contribution in [3.8, 4) is 11.5 Å². The molecule has 2 aromatic carbocycles. The van der Waals surface area contributed by atoms with Crippen molar-refractivity contribution in [2.45, 2.75) is 33.2 Å². The van der Waals surface area contributed by atoms with Gasteiger partial charge < -0.3 is 20.1 Å². The zero-order valence-corrected chi connectivity index (χ0v) is 16.8. The molecule has 0 aliphatic heterocycles. The fourth-order valence-electron chi connectivity index (χ4n) is 2.53. The Morgan fingerprint density at radius 1 is 1.15 bits per heavy atom. The van der Waals surface area contributed by atoms with E-state index in [2.05, 4.69) is 17.6 Å². The first-order valence-electron chi connectivity index (χ1n) is 8.95. The van der Waals surface area contributed by atoms with E-state index in [-0.39, 0.29) is 5.91 Å². The highest BCUT2D eigenvalue weighted by Crippen LogP contribution is 2.28. The molecule has 144 valence electrons. The first kappa shape index (κ1) is 20.7. The number of methoxy groups -OCH3 is 1. The molecule has 0 aliphatic carbocycles. The average molecular weight is 387 g/mol. The highest BCUT2D eigenvalue weighted by molar-refractivity contribution is 7.80. The summed E-state index contributed by atoms with van der Waals surface area (Å²) in [4.78, 5) is 12.2. The first-order chi connectivity index (χ1) is 13.0. The van der Waals surface area contributed by atoms with Crippen molar-refractivity contribution < 1.29 is 14.3 Å². The molecule has 0 aromatic heterocycles. The van der Waals surface area contributed by atoms with Crippen LogP contribution in [0, 0.1) is 6.92 Å². The van der Waals surface area contributed by atoms with Gasteiger partial charge in [0.25, 0.3) is 0 Å². The topological polar surface area (TPSA) is 59.6 Å². The molecule has 27 heavy (non-hydrogen) atoms. The maximum absolute atomic E-state index is 12.2. The minimum absolute atomic E-state index is 0.136. The minimum Gasteiger partial charge on any atom is -0.493 e. The number of carbonyl (C=O) groups excluding carboxylic acids is 1. The van der Waals surface area contributed by atoms with E-state index in [1.54, 1.807) is 7.11 Å². The van der Waals surface area contributed by atoms with Gasteiger partial charge >= 0.3 is 0 Å². The molecule has 2 N–H and O–H groups in total. The third-order valence-electron chi connectivity index (χ3n) is 4.01. The molecule has 0 fully saturated rings. The second-order valence-corrected chi connectivity index (χ2v) is 6.58. The summed E-state index contributed by atoms with van der Waals surface area (Å²) in [6, 6.07) is 13.5. The van der Waals surface area contributed by atoms with E-state index in [4.69, 9.17) is 21.7 Å². The molecule has 0 atom stereocenters. The maximum Gasteiger partial charge on any atom is 0.230 e. The molecular weight excluding hydrogens is 360 g/mol. The minimum atomic E-state index is -0.136. The maximum atomic E-state index is 12.2. The van der Waals surface area contributed by atoms with Gasteiger partial charge in [0.1, 0.15) is 0 Å². The van der Waals surface area contributed by atoms with Crippen molar-refractivity contribution in [1.29, 1.82) is 0 Å². The Balaban J connectivity index is 1.86. The summed E-state index contributed by atoms with van der Waals surface area (Å²) < 4.78 is 11.0. The molecule has 2 aromatic rings. The van der Waals surface area contributed by atoms with Crippen molar-refractivity contribution >= 4 is 23.2 Å². The van der Waals surface area contributed by atoms with Crippen molar-refractivity contribution in [3.63, 3.8) is 0 Å². The van der Waals surface area contributed by atoms with Crippen molar-refractivity contribution in [2.24, 2.45) is 0 Å². The number of ether oxygens (including phenoxy) is 2. The number of thiocarbonyl (C=S) groups is 1. The number of hydrogen-bond donors (Lipinski definition) is 2. The van der Waals surface area contributed by atoms with Crippen molar-refractivity contribution in [1.82, 2.24) is 10.6 Å². The van der Waals surface area contributed by atoms with Gasteiger partial charge in [-0.1, -0.05) is 37.3 Å². The molecule has 0 heterocycles. The summed E-state index contributed by atoms with van der Waals surface area (Å²) in [5, 5.41) is 6.07. The fourth-order valence-corrected chi connectivity index (χ4v) is 2.72. The zero-order chi connectivity index (χ0) is 19.6. The fraction of sp³-hybridized carbons (Fsp3) is 0.333. The second-order valence-electron chi connectivity index (χ2n) is 6.17. The summed E-state index contributed by atoms with van der Waals surface area (Å²) in [6.07, 6.45) is 1.23. The van der Waals surface area contributed by atoms with E-state index in [1.807, 2.05) is 49.4 Å². The lowest BCUT2D eigenvalue weighted by atomic mass is 10.1. The normalized spacial score (nSPS) is 10.2. The molecule has 0 saturated heterocycles. The Kier molecular flexibility index (Phi) is 8.07.